The van der Waals surface area contributed by atoms with Gasteiger partial charge in [0.05, 0.1) is 10.4 Å². The van der Waals surface area contributed by atoms with Crippen molar-refractivity contribution in [1.29, 1.82) is 0 Å². The summed E-state index contributed by atoms with van der Waals surface area (Å²) in [6.07, 6.45) is 8.11. The molecule has 0 saturated heterocycles. The van der Waals surface area contributed by atoms with Gasteiger partial charge in [-0.15, -0.1) is 11.3 Å². The van der Waals surface area contributed by atoms with E-state index in [0.717, 1.165) is 16.8 Å². The van der Waals surface area contributed by atoms with Crippen molar-refractivity contribution in [2.45, 2.75) is 32.1 Å². The first-order chi connectivity index (χ1) is 10.2. The number of anilines is 1. The van der Waals surface area contributed by atoms with Crippen molar-refractivity contribution >= 4 is 33.1 Å². The fourth-order valence-electron chi connectivity index (χ4n) is 3.12. The van der Waals surface area contributed by atoms with Crippen LogP contribution >= 0.6 is 11.3 Å². The second-order valence-corrected chi connectivity index (χ2v) is 6.94. The van der Waals surface area contributed by atoms with Crippen LogP contribution in [0.25, 0.3) is 10.2 Å². The summed E-state index contributed by atoms with van der Waals surface area (Å²) < 4.78 is 0.976. The molecule has 2 aromatic rings. The predicted molar refractivity (Wildman–Crippen MR) is 87.6 cm³/mol. The van der Waals surface area contributed by atoms with Gasteiger partial charge in [-0.25, -0.2) is 0 Å². The van der Waals surface area contributed by atoms with Gasteiger partial charge >= 0.3 is 0 Å². The molecule has 0 radical (unpaired) electrons. The number of nitrogen functional groups attached to an aromatic ring is 1. The maximum atomic E-state index is 12.6. The Labute approximate surface area is 129 Å². The van der Waals surface area contributed by atoms with Crippen LogP contribution in [-0.4, -0.2) is 29.4 Å². The Bertz CT molecular complexity index is 646. The topological polar surface area (TPSA) is 59.2 Å². The molecule has 0 atom stereocenters. The van der Waals surface area contributed by atoms with Gasteiger partial charge in [0.2, 0.25) is 0 Å². The lowest BCUT2D eigenvalue weighted by Gasteiger charge is -2.26. The van der Waals surface area contributed by atoms with Crippen molar-refractivity contribution in [3.05, 3.63) is 23.2 Å². The lowest BCUT2D eigenvalue weighted by atomic mass is 9.89. The molecule has 3 rings (SSSR count). The van der Waals surface area contributed by atoms with E-state index >= 15 is 0 Å². The molecule has 2 heterocycles. The van der Waals surface area contributed by atoms with Crippen LogP contribution in [0.15, 0.2) is 18.3 Å². The predicted octanol–water partition coefficient (Wildman–Crippen LogP) is 3.53. The van der Waals surface area contributed by atoms with Crippen molar-refractivity contribution in [3.8, 4) is 0 Å². The zero-order valence-electron chi connectivity index (χ0n) is 12.3. The van der Waals surface area contributed by atoms with E-state index in [1.165, 1.54) is 43.4 Å². The van der Waals surface area contributed by atoms with E-state index in [2.05, 4.69) is 4.98 Å². The third kappa shape index (κ3) is 2.88. The van der Waals surface area contributed by atoms with E-state index in [1.54, 1.807) is 6.20 Å². The molecular weight excluding hydrogens is 282 g/mol. The van der Waals surface area contributed by atoms with Gasteiger partial charge in [-0.1, -0.05) is 19.3 Å². The third-order valence-electron chi connectivity index (χ3n) is 4.28. The molecule has 0 bridgehead atoms. The molecule has 1 amide bonds. The molecule has 21 heavy (non-hydrogen) atoms. The highest BCUT2D eigenvalue weighted by atomic mass is 32.1. The maximum Gasteiger partial charge on any atom is 0.265 e. The standard InChI is InChI=1S/C16H21N3OS/c1-19(10-11-6-3-2-4-7-11)16(20)15-13(17)14-12(21-15)8-5-9-18-14/h5,8-9,11H,2-4,6-7,10,17H2,1H3. The molecule has 1 saturated carbocycles. The number of amides is 1. The number of rotatable bonds is 3. The maximum absolute atomic E-state index is 12.6. The minimum Gasteiger partial charge on any atom is -0.396 e. The van der Waals surface area contributed by atoms with Crippen molar-refractivity contribution in [2.24, 2.45) is 5.92 Å². The van der Waals surface area contributed by atoms with Crippen LogP contribution in [0.3, 0.4) is 0 Å². The number of fused-ring (bicyclic) bond motifs is 1. The van der Waals surface area contributed by atoms with E-state index in [-0.39, 0.29) is 5.91 Å². The number of pyridine rings is 1. The first kappa shape index (κ1) is 14.3. The van der Waals surface area contributed by atoms with Crippen molar-refractivity contribution in [1.82, 2.24) is 9.88 Å². The van der Waals surface area contributed by atoms with Gasteiger partial charge in [-0.05, 0) is 30.9 Å². The van der Waals surface area contributed by atoms with Crippen molar-refractivity contribution < 1.29 is 4.79 Å². The summed E-state index contributed by atoms with van der Waals surface area (Å²) in [6.45, 7) is 0.833. The highest BCUT2D eigenvalue weighted by Gasteiger charge is 2.23. The minimum absolute atomic E-state index is 0.0288. The average Bonchev–Trinajstić information content (AvgIpc) is 2.85. The molecule has 0 unspecified atom stereocenters. The van der Waals surface area contributed by atoms with E-state index in [1.807, 2.05) is 24.1 Å². The lowest BCUT2D eigenvalue weighted by Crippen LogP contribution is -2.32. The van der Waals surface area contributed by atoms with Gasteiger partial charge in [0.15, 0.2) is 0 Å². The number of aromatic nitrogens is 1. The number of nitrogens with two attached hydrogens (primary N) is 1. The van der Waals surface area contributed by atoms with E-state index in [4.69, 9.17) is 5.73 Å². The Balaban J connectivity index is 1.77. The first-order valence-electron chi connectivity index (χ1n) is 7.55. The zero-order chi connectivity index (χ0) is 14.8. The summed E-state index contributed by atoms with van der Waals surface area (Å²) in [7, 11) is 1.88. The minimum atomic E-state index is 0.0288. The Morgan fingerprint density at radius 1 is 1.43 bits per heavy atom. The number of hydrogen-bond acceptors (Lipinski definition) is 4. The van der Waals surface area contributed by atoms with Crippen molar-refractivity contribution in [3.63, 3.8) is 0 Å². The molecule has 1 aliphatic rings. The van der Waals surface area contributed by atoms with Gasteiger partial charge < -0.3 is 10.6 Å². The van der Waals surface area contributed by atoms with Crippen LogP contribution in [-0.2, 0) is 0 Å². The average molecular weight is 303 g/mol. The summed E-state index contributed by atoms with van der Waals surface area (Å²) in [5.74, 6) is 0.669. The van der Waals surface area contributed by atoms with Crippen molar-refractivity contribution in [2.75, 3.05) is 19.3 Å². The molecule has 5 heteroatoms. The number of hydrogen-bond donors (Lipinski definition) is 1. The summed E-state index contributed by atoms with van der Waals surface area (Å²) in [5.41, 5.74) is 7.38. The second kappa shape index (κ2) is 6.02. The van der Waals surface area contributed by atoms with Gasteiger partial charge in [0, 0.05) is 19.8 Å². The quantitative estimate of drug-likeness (QED) is 0.943. The zero-order valence-corrected chi connectivity index (χ0v) is 13.2. The highest BCUT2D eigenvalue weighted by molar-refractivity contribution is 7.21. The van der Waals surface area contributed by atoms with E-state index in [0.29, 0.717) is 16.5 Å². The number of carbonyl (C=O) groups excluding carboxylic acids is 1. The Morgan fingerprint density at radius 2 is 2.19 bits per heavy atom. The van der Waals surface area contributed by atoms with Gasteiger partial charge in [-0.3, -0.25) is 9.78 Å². The second-order valence-electron chi connectivity index (χ2n) is 5.88. The normalized spacial score (nSPS) is 16.2. The molecule has 0 aromatic carbocycles. The van der Waals surface area contributed by atoms with Gasteiger partial charge in [0.1, 0.15) is 10.4 Å². The van der Waals surface area contributed by atoms with Crippen LogP contribution in [0.4, 0.5) is 5.69 Å². The number of nitrogens with zero attached hydrogens (tertiary/aromatic N) is 2. The van der Waals surface area contributed by atoms with Crippen LogP contribution in [0, 0.1) is 5.92 Å². The van der Waals surface area contributed by atoms with Crippen LogP contribution in [0.2, 0.25) is 0 Å². The van der Waals surface area contributed by atoms with Crippen LogP contribution in [0.1, 0.15) is 41.8 Å². The molecular formula is C16H21N3OS. The monoisotopic (exact) mass is 303 g/mol. The largest absolute Gasteiger partial charge is 0.396 e. The first-order valence-corrected chi connectivity index (χ1v) is 8.37. The fourth-order valence-corrected chi connectivity index (χ4v) is 4.20. The molecule has 4 nitrogen and oxygen atoms in total. The summed E-state index contributed by atoms with van der Waals surface area (Å²) in [4.78, 5) is 19.4. The van der Waals surface area contributed by atoms with E-state index < -0.39 is 0 Å². The summed E-state index contributed by atoms with van der Waals surface area (Å²) >= 11 is 1.44. The molecule has 0 aliphatic heterocycles. The molecule has 1 fully saturated rings. The SMILES string of the molecule is CN(CC1CCCCC1)C(=O)c1sc2cccnc2c1N. The van der Waals surface area contributed by atoms with E-state index in [9.17, 15) is 4.79 Å². The van der Waals surface area contributed by atoms with Crippen LogP contribution < -0.4 is 5.73 Å². The Hall–Kier alpha value is -1.62. The Kier molecular flexibility index (Phi) is 4.10. The molecule has 2 N–H and O–H groups in total. The fraction of sp³-hybridized carbons (Fsp3) is 0.500. The molecule has 1 aliphatic carbocycles. The Morgan fingerprint density at radius 3 is 2.90 bits per heavy atom. The highest BCUT2D eigenvalue weighted by Crippen LogP contribution is 2.33. The van der Waals surface area contributed by atoms with Crippen LogP contribution in [0.5, 0.6) is 0 Å². The van der Waals surface area contributed by atoms with Gasteiger partial charge in [-0.2, -0.15) is 0 Å². The molecule has 112 valence electrons. The smallest absolute Gasteiger partial charge is 0.265 e. The molecule has 2 aromatic heterocycles. The summed E-state index contributed by atoms with van der Waals surface area (Å²) in [6, 6.07) is 3.83. The lowest BCUT2D eigenvalue weighted by molar-refractivity contribution is 0.0766. The number of thiophene rings is 1. The molecule has 0 spiro atoms. The number of carbonyl (C=O) groups is 1. The third-order valence-corrected chi connectivity index (χ3v) is 5.43. The summed E-state index contributed by atoms with van der Waals surface area (Å²) in [5, 5.41) is 0. The van der Waals surface area contributed by atoms with Gasteiger partial charge in [0.25, 0.3) is 5.91 Å².